The summed E-state index contributed by atoms with van der Waals surface area (Å²) in [5, 5.41) is 4.19. The van der Waals surface area contributed by atoms with Crippen molar-refractivity contribution in [2.45, 2.75) is 72.6 Å². The Bertz CT molecular complexity index is 1500. The molecule has 2 heterocycles. The number of hydrogen-bond donors (Lipinski definition) is 1. The maximum Gasteiger partial charge on any atom is 0.258 e. The zero-order valence-electron chi connectivity index (χ0n) is 23.3. The van der Waals surface area contributed by atoms with E-state index in [1.807, 2.05) is 30.5 Å². The lowest BCUT2D eigenvalue weighted by Gasteiger charge is -2.18. The zero-order valence-corrected chi connectivity index (χ0v) is 24.1. The first-order valence-corrected chi connectivity index (χ1v) is 14.3. The highest BCUT2D eigenvalue weighted by Crippen LogP contribution is 2.39. The van der Waals surface area contributed by atoms with Gasteiger partial charge in [0.05, 0.1) is 11.3 Å². The van der Waals surface area contributed by atoms with E-state index in [1.165, 1.54) is 28.0 Å². The SMILES string of the molecule is Cc1ccc(NC(=O)c2c(-n3c(C)cc(C=Nc4ccc(C(C)(C)C)cc4)c3C)sc3c2CCCC3)cc1. The standard InChI is InChI=1S/C33H37N3OS/c1-21-11-15-27(16-12-21)35-31(37)30-28-9-7-8-10-29(28)38-32(30)36-22(2)19-24(23(36)3)20-34-26-17-13-25(14-18-26)33(4,5)6/h11-20H,7-10H2,1-6H3,(H,35,37). The molecule has 2 aromatic heterocycles. The summed E-state index contributed by atoms with van der Waals surface area (Å²) in [6.45, 7) is 13.0. The van der Waals surface area contributed by atoms with Crippen LogP contribution in [-0.2, 0) is 18.3 Å². The molecule has 0 atom stereocenters. The van der Waals surface area contributed by atoms with Crippen LogP contribution in [0.2, 0.25) is 0 Å². The Morgan fingerprint density at radius 3 is 2.34 bits per heavy atom. The van der Waals surface area contributed by atoms with Gasteiger partial charge in [-0.25, -0.2) is 0 Å². The molecule has 1 aliphatic rings. The summed E-state index contributed by atoms with van der Waals surface area (Å²) in [6, 6.07) is 18.7. The van der Waals surface area contributed by atoms with Crippen molar-refractivity contribution in [1.82, 2.24) is 4.57 Å². The second-order valence-electron chi connectivity index (χ2n) is 11.4. The third-order valence-electron chi connectivity index (χ3n) is 7.45. The molecule has 0 aliphatic heterocycles. The topological polar surface area (TPSA) is 46.4 Å². The van der Waals surface area contributed by atoms with E-state index in [2.05, 4.69) is 81.8 Å². The second-order valence-corrected chi connectivity index (χ2v) is 12.5. The number of amides is 1. The molecule has 5 heteroatoms. The van der Waals surface area contributed by atoms with Crippen molar-refractivity contribution >= 4 is 34.8 Å². The first kappa shape index (κ1) is 26.2. The highest BCUT2D eigenvalue weighted by atomic mass is 32.1. The molecule has 0 fully saturated rings. The molecule has 4 aromatic rings. The average Bonchev–Trinajstić information content (AvgIpc) is 3.39. The third-order valence-corrected chi connectivity index (χ3v) is 8.73. The van der Waals surface area contributed by atoms with Crippen molar-refractivity contribution in [1.29, 1.82) is 0 Å². The van der Waals surface area contributed by atoms with Crippen LogP contribution in [0.5, 0.6) is 0 Å². The molecule has 1 amide bonds. The van der Waals surface area contributed by atoms with Gasteiger partial charge in [0.25, 0.3) is 5.91 Å². The Morgan fingerprint density at radius 2 is 1.66 bits per heavy atom. The van der Waals surface area contributed by atoms with Crippen molar-refractivity contribution in [3.05, 3.63) is 98.7 Å². The Hall–Kier alpha value is -3.44. The molecule has 0 saturated heterocycles. The van der Waals surface area contributed by atoms with Crippen LogP contribution < -0.4 is 5.32 Å². The molecular formula is C33H37N3OS. The van der Waals surface area contributed by atoms with Crippen molar-refractivity contribution in [3.63, 3.8) is 0 Å². The van der Waals surface area contributed by atoms with Crippen LogP contribution in [0.25, 0.3) is 5.00 Å². The van der Waals surface area contributed by atoms with Crippen LogP contribution in [0.1, 0.15) is 82.5 Å². The average molecular weight is 524 g/mol. The van der Waals surface area contributed by atoms with Gasteiger partial charge < -0.3 is 9.88 Å². The number of rotatable bonds is 5. The second kappa shape index (κ2) is 10.4. The molecule has 196 valence electrons. The number of nitrogens with one attached hydrogen (secondary N) is 1. The summed E-state index contributed by atoms with van der Waals surface area (Å²) >= 11 is 1.77. The Balaban J connectivity index is 1.50. The van der Waals surface area contributed by atoms with Gasteiger partial charge in [0, 0.05) is 33.7 Å². The molecule has 4 nitrogen and oxygen atoms in total. The Kier molecular flexibility index (Phi) is 7.15. The summed E-state index contributed by atoms with van der Waals surface area (Å²) in [5.41, 5.74) is 9.68. The fourth-order valence-electron chi connectivity index (χ4n) is 5.20. The van der Waals surface area contributed by atoms with Gasteiger partial charge in [0.1, 0.15) is 5.00 Å². The van der Waals surface area contributed by atoms with Crippen molar-refractivity contribution in [2.24, 2.45) is 4.99 Å². The lowest BCUT2D eigenvalue weighted by Crippen LogP contribution is -2.17. The van der Waals surface area contributed by atoms with E-state index in [1.54, 1.807) is 11.3 Å². The van der Waals surface area contributed by atoms with Gasteiger partial charge in [0.15, 0.2) is 0 Å². The van der Waals surface area contributed by atoms with Crippen LogP contribution in [0.4, 0.5) is 11.4 Å². The molecule has 5 rings (SSSR count). The molecule has 0 bridgehead atoms. The molecule has 1 aliphatic carbocycles. The maximum atomic E-state index is 13.7. The molecule has 2 aromatic carbocycles. The highest BCUT2D eigenvalue weighted by molar-refractivity contribution is 7.15. The summed E-state index contributed by atoms with van der Waals surface area (Å²) in [6.07, 6.45) is 6.26. The van der Waals surface area contributed by atoms with Gasteiger partial charge in [-0.15, -0.1) is 11.3 Å². The Labute approximate surface area is 230 Å². The predicted octanol–water partition coefficient (Wildman–Crippen LogP) is 8.64. The van der Waals surface area contributed by atoms with Crippen molar-refractivity contribution in [2.75, 3.05) is 5.32 Å². The number of benzene rings is 2. The van der Waals surface area contributed by atoms with Crippen LogP contribution >= 0.6 is 11.3 Å². The number of nitrogens with zero attached hydrogens (tertiary/aromatic N) is 2. The number of carbonyl (C=O) groups is 1. The predicted molar refractivity (Wildman–Crippen MR) is 161 cm³/mol. The fraction of sp³-hybridized carbons (Fsp3) is 0.333. The molecule has 0 spiro atoms. The number of aromatic nitrogens is 1. The number of aryl methyl sites for hydroxylation is 3. The van der Waals surface area contributed by atoms with E-state index in [9.17, 15) is 4.79 Å². The quantitative estimate of drug-likeness (QED) is 0.261. The number of hydrogen-bond acceptors (Lipinski definition) is 3. The summed E-state index contributed by atoms with van der Waals surface area (Å²) in [4.78, 5) is 19.8. The summed E-state index contributed by atoms with van der Waals surface area (Å²) < 4.78 is 2.25. The molecule has 38 heavy (non-hydrogen) atoms. The monoisotopic (exact) mass is 523 g/mol. The first-order chi connectivity index (χ1) is 18.1. The van der Waals surface area contributed by atoms with E-state index < -0.39 is 0 Å². The highest BCUT2D eigenvalue weighted by Gasteiger charge is 2.28. The van der Waals surface area contributed by atoms with Crippen LogP contribution in [0.15, 0.2) is 59.6 Å². The molecule has 0 saturated carbocycles. The maximum absolute atomic E-state index is 13.7. The largest absolute Gasteiger partial charge is 0.322 e. The van der Waals surface area contributed by atoms with Gasteiger partial charge in [-0.1, -0.05) is 50.6 Å². The number of fused-ring (bicyclic) bond motifs is 1. The van der Waals surface area contributed by atoms with E-state index in [4.69, 9.17) is 4.99 Å². The zero-order chi connectivity index (χ0) is 27.0. The van der Waals surface area contributed by atoms with E-state index >= 15 is 0 Å². The minimum atomic E-state index is -0.0232. The van der Waals surface area contributed by atoms with E-state index in [0.717, 1.165) is 58.2 Å². The lowest BCUT2D eigenvalue weighted by molar-refractivity contribution is 0.102. The van der Waals surface area contributed by atoms with Gasteiger partial charge in [0.2, 0.25) is 0 Å². The van der Waals surface area contributed by atoms with Crippen LogP contribution in [0, 0.1) is 20.8 Å². The molecule has 0 radical (unpaired) electrons. The summed E-state index contributed by atoms with van der Waals surface area (Å²) in [7, 11) is 0. The van der Waals surface area contributed by atoms with Gasteiger partial charge in [-0.3, -0.25) is 9.79 Å². The Morgan fingerprint density at radius 1 is 0.974 bits per heavy atom. The summed E-state index contributed by atoms with van der Waals surface area (Å²) in [5.74, 6) is -0.0232. The number of anilines is 1. The number of carbonyl (C=O) groups excluding carboxylic acids is 1. The van der Waals surface area contributed by atoms with E-state index in [0.29, 0.717) is 0 Å². The number of aliphatic imine (C=N–C) groups is 1. The molecule has 0 unspecified atom stereocenters. The molecular weight excluding hydrogens is 486 g/mol. The van der Waals surface area contributed by atoms with Crippen LogP contribution in [0.3, 0.4) is 0 Å². The normalized spacial score (nSPS) is 13.6. The third kappa shape index (κ3) is 5.25. The fourth-order valence-corrected chi connectivity index (χ4v) is 6.69. The van der Waals surface area contributed by atoms with Crippen LogP contribution in [-0.4, -0.2) is 16.7 Å². The minimum Gasteiger partial charge on any atom is -0.322 e. The van der Waals surface area contributed by atoms with Crippen molar-refractivity contribution < 1.29 is 4.79 Å². The van der Waals surface area contributed by atoms with Gasteiger partial charge in [-0.05, 0) is 93.3 Å². The number of thiophene rings is 1. The van der Waals surface area contributed by atoms with Gasteiger partial charge in [-0.2, -0.15) is 0 Å². The van der Waals surface area contributed by atoms with E-state index in [-0.39, 0.29) is 11.3 Å². The van der Waals surface area contributed by atoms with Crippen molar-refractivity contribution in [3.8, 4) is 5.00 Å². The first-order valence-electron chi connectivity index (χ1n) is 13.5. The lowest BCUT2D eigenvalue weighted by atomic mass is 9.87. The minimum absolute atomic E-state index is 0.0232. The van der Waals surface area contributed by atoms with Gasteiger partial charge >= 0.3 is 0 Å². The smallest absolute Gasteiger partial charge is 0.258 e. The molecule has 1 N–H and O–H groups in total.